The van der Waals surface area contributed by atoms with Crippen LogP contribution < -0.4 is 14.2 Å². The van der Waals surface area contributed by atoms with Gasteiger partial charge in [-0.3, -0.25) is 4.79 Å². The van der Waals surface area contributed by atoms with Gasteiger partial charge in [-0.2, -0.15) is 0 Å². The van der Waals surface area contributed by atoms with Crippen LogP contribution in [0.1, 0.15) is 26.3 Å². The minimum Gasteiger partial charge on any atom is -0.493 e. The number of Topliss-reactive ketones (excluding diaryl/α,β-unsaturated/α-hetero) is 1. The van der Waals surface area contributed by atoms with Crippen LogP contribution in [0.15, 0.2) is 12.1 Å². The van der Waals surface area contributed by atoms with E-state index in [4.69, 9.17) is 25.8 Å². The zero-order valence-corrected chi connectivity index (χ0v) is 14.2. The molecule has 0 bridgehead atoms. The van der Waals surface area contributed by atoms with Gasteiger partial charge >= 0.3 is 0 Å². The van der Waals surface area contributed by atoms with Crippen molar-refractivity contribution < 1.29 is 19.0 Å². The van der Waals surface area contributed by atoms with Gasteiger partial charge in [-0.1, -0.05) is 20.8 Å². The van der Waals surface area contributed by atoms with E-state index in [9.17, 15) is 4.79 Å². The van der Waals surface area contributed by atoms with Crippen LogP contribution in [0.5, 0.6) is 17.2 Å². The lowest BCUT2D eigenvalue weighted by Gasteiger charge is -2.21. The van der Waals surface area contributed by atoms with Gasteiger partial charge in [-0.25, -0.2) is 0 Å². The first-order chi connectivity index (χ1) is 9.74. The molecule has 0 spiro atoms. The molecule has 1 unspecified atom stereocenters. The summed E-state index contributed by atoms with van der Waals surface area (Å²) >= 11 is 6.25. The van der Waals surface area contributed by atoms with Gasteiger partial charge in [-0.15, -0.1) is 11.6 Å². The zero-order valence-electron chi connectivity index (χ0n) is 13.5. The van der Waals surface area contributed by atoms with Crippen molar-refractivity contribution in [1.29, 1.82) is 0 Å². The molecule has 1 atom stereocenters. The first kappa shape index (κ1) is 17.6. The lowest BCUT2D eigenvalue weighted by molar-refractivity contribution is -0.125. The molecular formula is C16H23ClO4. The van der Waals surface area contributed by atoms with E-state index in [1.165, 1.54) is 0 Å². The Hall–Kier alpha value is -1.42. The number of carbonyl (C=O) groups excluding carboxylic acids is 1. The molecular weight excluding hydrogens is 292 g/mol. The summed E-state index contributed by atoms with van der Waals surface area (Å²) in [5.41, 5.74) is 0.398. The third-order valence-electron chi connectivity index (χ3n) is 3.16. The Morgan fingerprint density at radius 3 is 1.90 bits per heavy atom. The number of ketones is 1. The second-order valence-corrected chi connectivity index (χ2v) is 6.35. The minimum absolute atomic E-state index is 0.0120. The molecule has 1 aromatic rings. The number of rotatable bonds is 6. The summed E-state index contributed by atoms with van der Waals surface area (Å²) < 4.78 is 15.9. The maximum Gasteiger partial charge on any atom is 0.203 e. The molecule has 0 aliphatic rings. The Bertz CT molecular complexity index is 480. The fourth-order valence-corrected chi connectivity index (χ4v) is 2.53. The second-order valence-electron chi connectivity index (χ2n) is 5.82. The number of hydrogen-bond acceptors (Lipinski definition) is 4. The molecule has 0 amide bonds. The molecule has 0 aliphatic carbocycles. The van der Waals surface area contributed by atoms with Gasteiger partial charge < -0.3 is 14.2 Å². The maximum atomic E-state index is 12.2. The van der Waals surface area contributed by atoms with Gasteiger partial charge in [0, 0.05) is 5.41 Å². The summed E-state index contributed by atoms with van der Waals surface area (Å²) in [5, 5.41) is -0.590. The number of carbonyl (C=O) groups is 1. The Balaban J connectivity index is 3.07. The summed E-state index contributed by atoms with van der Waals surface area (Å²) in [5.74, 6) is 1.65. The third kappa shape index (κ3) is 4.27. The largest absolute Gasteiger partial charge is 0.493 e. The van der Waals surface area contributed by atoms with Gasteiger partial charge in [-0.05, 0) is 24.1 Å². The van der Waals surface area contributed by atoms with Crippen LogP contribution >= 0.6 is 11.6 Å². The van der Waals surface area contributed by atoms with E-state index in [-0.39, 0.29) is 5.78 Å². The molecule has 5 heteroatoms. The molecule has 0 heterocycles. The van der Waals surface area contributed by atoms with Crippen LogP contribution in [0, 0.1) is 5.41 Å². The molecule has 0 fully saturated rings. The van der Waals surface area contributed by atoms with Gasteiger partial charge in [0.05, 0.1) is 26.7 Å². The standard InChI is InChI=1S/C16H23ClO4/c1-16(2,3)15(18)11(17)7-10-8-12(19-4)14(21-6)13(9-10)20-5/h8-9,11H,7H2,1-6H3. The quantitative estimate of drug-likeness (QED) is 0.754. The van der Waals surface area contributed by atoms with E-state index in [0.29, 0.717) is 23.7 Å². The van der Waals surface area contributed by atoms with E-state index in [0.717, 1.165) is 5.56 Å². The third-order valence-corrected chi connectivity index (χ3v) is 3.52. The number of methoxy groups -OCH3 is 3. The first-order valence-electron chi connectivity index (χ1n) is 6.71. The van der Waals surface area contributed by atoms with Crippen LogP contribution in [0.4, 0.5) is 0 Å². The van der Waals surface area contributed by atoms with E-state index >= 15 is 0 Å². The van der Waals surface area contributed by atoms with Crippen molar-refractivity contribution in [1.82, 2.24) is 0 Å². The van der Waals surface area contributed by atoms with Crippen molar-refractivity contribution in [2.24, 2.45) is 5.41 Å². The summed E-state index contributed by atoms with van der Waals surface area (Å²) in [6.07, 6.45) is 0.411. The van der Waals surface area contributed by atoms with Crippen molar-refractivity contribution in [3.05, 3.63) is 17.7 Å². The highest BCUT2D eigenvalue weighted by Crippen LogP contribution is 2.38. The lowest BCUT2D eigenvalue weighted by Crippen LogP contribution is -2.30. The van der Waals surface area contributed by atoms with Gasteiger partial charge in [0.25, 0.3) is 0 Å². The number of halogens is 1. The van der Waals surface area contributed by atoms with Crippen LogP contribution in [-0.4, -0.2) is 32.5 Å². The Kier molecular flexibility index (Phi) is 5.90. The first-order valence-corrected chi connectivity index (χ1v) is 7.15. The van der Waals surface area contributed by atoms with Gasteiger partial charge in [0.1, 0.15) is 0 Å². The molecule has 0 N–H and O–H groups in total. The molecule has 0 aliphatic heterocycles. The average Bonchev–Trinajstić information content (AvgIpc) is 2.44. The smallest absolute Gasteiger partial charge is 0.203 e. The fourth-order valence-electron chi connectivity index (χ4n) is 2.02. The summed E-state index contributed by atoms with van der Waals surface area (Å²) in [6.45, 7) is 5.58. The maximum absolute atomic E-state index is 12.2. The van der Waals surface area contributed by atoms with E-state index in [2.05, 4.69) is 0 Å². The zero-order chi connectivity index (χ0) is 16.2. The number of ether oxygens (including phenoxy) is 3. The summed E-state index contributed by atoms with van der Waals surface area (Å²) in [7, 11) is 4.66. The Labute approximate surface area is 131 Å². The SMILES string of the molecule is COc1cc(CC(Cl)C(=O)C(C)(C)C)cc(OC)c1OC. The highest BCUT2D eigenvalue weighted by atomic mass is 35.5. The number of hydrogen-bond donors (Lipinski definition) is 0. The van der Waals surface area contributed by atoms with Crippen molar-refractivity contribution in [2.45, 2.75) is 32.6 Å². The minimum atomic E-state index is -0.590. The molecule has 0 aromatic heterocycles. The average molecular weight is 315 g/mol. The monoisotopic (exact) mass is 314 g/mol. The predicted molar refractivity (Wildman–Crippen MR) is 83.9 cm³/mol. The molecule has 1 aromatic carbocycles. The summed E-state index contributed by atoms with van der Waals surface area (Å²) in [6, 6.07) is 3.62. The highest BCUT2D eigenvalue weighted by molar-refractivity contribution is 6.31. The molecule has 21 heavy (non-hydrogen) atoms. The highest BCUT2D eigenvalue weighted by Gasteiger charge is 2.28. The van der Waals surface area contributed by atoms with Gasteiger partial charge in [0.15, 0.2) is 17.3 Å². The fraction of sp³-hybridized carbons (Fsp3) is 0.562. The number of alkyl halides is 1. The predicted octanol–water partition coefficient (Wildman–Crippen LogP) is 3.48. The molecule has 4 nitrogen and oxygen atoms in total. The van der Waals surface area contributed by atoms with E-state index < -0.39 is 10.8 Å². The normalized spacial score (nSPS) is 12.7. The van der Waals surface area contributed by atoms with Crippen LogP contribution in [0.25, 0.3) is 0 Å². The van der Waals surface area contributed by atoms with Crippen molar-refractivity contribution in [3.8, 4) is 17.2 Å². The lowest BCUT2D eigenvalue weighted by atomic mass is 9.87. The molecule has 118 valence electrons. The second kappa shape index (κ2) is 7.03. The van der Waals surface area contributed by atoms with Crippen molar-refractivity contribution in [3.63, 3.8) is 0 Å². The van der Waals surface area contributed by atoms with E-state index in [1.807, 2.05) is 32.9 Å². The van der Waals surface area contributed by atoms with Crippen molar-refractivity contribution >= 4 is 17.4 Å². The van der Waals surface area contributed by atoms with Crippen molar-refractivity contribution in [2.75, 3.05) is 21.3 Å². The molecule has 0 saturated heterocycles. The number of benzene rings is 1. The molecule has 0 radical (unpaired) electrons. The Morgan fingerprint density at radius 2 is 1.57 bits per heavy atom. The van der Waals surface area contributed by atoms with Crippen LogP contribution in [0.3, 0.4) is 0 Å². The topological polar surface area (TPSA) is 44.8 Å². The van der Waals surface area contributed by atoms with E-state index in [1.54, 1.807) is 21.3 Å². The van der Waals surface area contributed by atoms with Crippen LogP contribution in [-0.2, 0) is 11.2 Å². The Morgan fingerprint density at radius 1 is 1.10 bits per heavy atom. The summed E-state index contributed by atoms with van der Waals surface area (Å²) in [4.78, 5) is 12.2. The van der Waals surface area contributed by atoms with Gasteiger partial charge in [0.2, 0.25) is 5.75 Å². The molecule has 0 saturated carbocycles. The molecule has 1 rings (SSSR count). The van der Waals surface area contributed by atoms with Crippen LogP contribution in [0.2, 0.25) is 0 Å².